The van der Waals surface area contributed by atoms with Gasteiger partial charge in [-0.05, 0) is 33.8 Å². The van der Waals surface area contributed by atoms with Crippen molar-refractivity contribution in [2.24, 2.45) is 0 Å². The number of rotatable bonds is 4. The van der Waals surface area contributed by atoms with Gasteiger partial charge in [0.25, 0.3) is 0 Å². The molecule has 0 bridgehead atoms. The third-order valence-corrected chi connectivity index (χ3v) is 2.03. The van der Waals surface area contributed by atoms with Crippen molar-refractivity contribution in [2.75, 3.05) is 20.2 Å². The van der Waals surface area contributed by atoms with Crippen molar-refractivity contribution < 1.29 is 19.1 Å². The normalized spacial score (nSPS) is 12.0. The predicted octanol–water partition coefficient (Wildman–Crippen LogP) is 2.54. The molecule has 0 N–H and O–H groups in total. The Balaban J connectivity index is 4.32. The van der Waals surface area contributed by atoms with Gasteiger partial charge in [-0.2, -0.15) is 0 Å². The Kier molecular flexibility index (Phi) is 6.76. The number of carbonyl (C=O) groups excluding carboxylic acids is 2. The number of nitrogens with zero attached hydrogens (tertiary/aromatic N) is 1. The number of ether oxygens (including phenoxy) is 2. The lowest BCUT2D eigenvalue weighted by Gasteiger charge is -2.23. The van der Waals surface area contributed by atoms with Crippen LogP contribution < -0.4 is 0 Å². The van der Waals surface area contributed by atoms with Gasteiger partial charge >= 0.3 is 12.1 Å². The minimum Gasteiger partial charge on any atom is -0.462 e. The SMILES string of the molecule is CCOC(=O)/C(Cl)=C/CN(C)C(=O)OC(C)(C)C. The summed E-state index contributed by atoms with van der Waals surface area (Å²) in [7, 11) is 1.56. The second kappa shape index (κ2) is 7.26. The van der Waals surface area contributed by atoms with E-state index >= 15 is 0 Å². The molecule has 0 atom stereocenters. The Hall–Kier alpha value is -1.23. The summed E-state index contributed by atoms with van der Waals surface area (Å²) in [4.78, 5) is 24.1. The van der Waals surface area contributed by atoms with Gasteiger partial charge in [0.15, 0.2) is 0 Å². The fourth-order valence-electron chi connectivity index (χ4n) is 0.915. The monoisotopic (exact) mass is 277 g/mol. The van der Waals surface area contributed by atoms with E-state index in [2.05, 4.69) is 0 Å². The zero-order chi connectivity index (χ0) is 14.3. The molecule has 0 radical (unpaired) electrons. The largest absolute Gasteiger partial charge is 0.462 e. The average molecular weight is 278 g/mol. The fourth-order valence-corrected chi connectivity index (χ4v) is 1.04. The second-order valence-corrected chi connectivity index (χ2v) is 5.04. The van der Waals surface area contributed by atoms with E-state index in [4.69, 9.17) is 21.1 Å². The molecule has 5 nitrogen and oxygen atoms in total. The molecule has 0 saturated heterocycles. The Morgan fingerprint density at radius 2 is 1.89 bits per heavy atom. The van der Waals surface area contributed by atoms with Crippen molar-refractivity contribution >= 4 is 23.7 Å². The lowest BCUT2D eigenvalue weighted by atomic mass is 10.2. The summed E-state index contributed by atoms with van der Waals surface area (Å²) in [5.74, 6) is -0.600. The molecule has 0 heterocycles. The van der Waals surface area contributed by atoms with Gasteiger partial charge in [-0.25, -0.2) is 9.59 Å². The average Bonchev–Trinajstić information content (AvgIpc) is 2.23. The topological polar surface area (TPSA) is 55.8 Å². The van der Waals surface area contributed by atoms with Crippen molar-refractivity contribution in [1.29, 1.82) is 0 Å². The second-order valence-electron chi connectivity index (χ2n) is 4.63. The maximum atomic E-state index is 11.6. The molecule has 0 fully saturated rings. The maximum Gasteiger partial charge on any atom is 0.410 e. The molecule has 104 valence electrons. The van der Waals surface area contributed by atoms with Crippen LogP contribution in [0.2, 0.25) is 0 Å². The first kappa shape index (κ1) is 16.8. The van der Waals surface area contributed by atoms with Gasteiger partial charge in [-0.15, -0.1) is 0 Å². The molecule has 0 aliphatic heterocycles. The molecule has 0 rings (SSSR count). The van der Waals surface area contributed by atoms with E-state index < -0.39 is 17.7 Å². The van der Waals surface area contributed by atoms with Gasteiger partial charge in [0.05, 0.1) is 6.61 Å². The smallest absolute Gasteiger partial charge is 0.410 e. The molecule has 0 aromatic carbocycles. The van der Waals surface area contributed by atoms with Crippen LogP contribution in [0.5, 0.6) is 0 Å². The summed E-state index contributed by atoms with van der Waals surface area (Å²) in [6.07, 6.45) is 0.927. The van der Waals surface area contributed by atoms with Gasteiger partial charge < -0.3 is 14.4 Å². The third kappa shape index (κ3) is 7.17. The van der Waals surface area contributed by atoms with Crippen molar-refractivity contribution in [3.63, 3.8) is 0 Å². The van der Waals surface area contributed by atoms with Gasteiger partial charge in [0.1, 0.15) is 10.6 Å². The zero-order valence-electron chi connectivity index (χ0n) is 11.4. The molecular weight excluding hydrogens is 258 g/mol. The fraction of sp³-hybridized carbons (Fsp3) is 0.667. The number of esters is 1. The van der Waals surface area contributed by atoms with Crippen LogP contribution in [0, 0.1) is 0 Å². The Labute approximate surface area is 113 Å². The molecular formula is C12H20ClNO4. The van der Waals surface area contributed by atoms with E-state index in [0.29, 0.717) is 0 Å². The number of hydrogen-bond donors (Lipinski definition) is 0. The van der Waals surface area contributed by atoms with Crippen LogP contribution >= 0.6 is 11.6 Å². The summed E-state index contributed by atoms with van der Waals surface area (Å²) in [5, 5.41) is -0.0488. The molecule has 18 heavy (non-hydrogen) atoms. The van der Waals surface area contributed by atoms with Crippen molar-refractivity contribution in [1.82, 2.24) is 4.90 Å². The van der Waals surface area contributed by atoms with Crippen molar-refractivity contribution in [2.45, 2.75) is 33.3 Å². The highest BCUT2D eigenvalue weighted by Crippen LogP contribution is 2.10. The molecule has 0 aliphatic rings. The van der Waals surface area contributed by atoms with E-state index in [1.165, 1.54) is 11.0 Å². The lowest BCUT2D eigenvalue weighted by Crippen LogP contribution is -2.34. The molecule has 0 aromatic heterocycles. The first-order chi connectivity index (χ1) is 8.17. The van der Waals surface area contributed by atoms with Crippen LogP contribution in [0.4, 0.5) is 4.79 Å². The first-order valence-corrected chi connectivity index (χ1v) is 6.02. The van der Waals surface area contributed by atoms with Crippen LogP contribution in [-0.4, -0.2) is 42.8 Å². The van der Waals surface area contributed by atoms with Crippen LogP contribution in [-0.2, 0) is 14.3 Å². The van der Waals surface area contributed by atoms with Gasteiger partial charge in [-0.1, -0.05) is 11.6 Å². The summed E-state index contributed by atoms with van der Waals surface area (Å²) in [6, 6.07) is 0. The lowest BCUT2D eigenvalue weighted by molar-refractivity contribution is -0.137. The number of carbonyl (C=O) groups is 2. The molecule has 0 aromatic rings. The zero-order valence-corrected chi connectivity index (χ0v) is 12.2. The van der Waals surface area contributed by atoms with E-state index in [9.17, 15) is 9.59 Å². The highest BCUT2D eigenvalue weighted by atomic mass is 35.5. The number of likely N-dealkylation sites (N-methyl/N-ethyl adjacent to an activating group) is 1. The van der Waals surface area contributed by atoms with E-state index in [1.54, 1.807) is 34.7 Å². The molecule has 0 spiro atoms. The summed E-state index contributed by atoms with van der Waals surface area (Å²) >= 11 is 5.70. The highest BCUT2D eigenvalue weighted by Gasteiger charge is 2.19. The van der Waals surface area contributed by atoms with E-state index in [-0.39, 0.29) is 18.2 Å². The molecule has 6 heteroatoms. The molecule has 0 unspecified atom stereocenters. The van der Waals surface area contributed by atoms with Gasteiger partial charge in [-0.3, -0.25) is 0 Å². The maximum absolute atomic E-state index is 11.6. The Morgan fingerprint density at radius 3 is 2.33 bits per heavy atom. The summed E-state index contributed by atoms with van der Waals surface area (Å²) < 4.78 is 9.84. The van der Waals surface area contributed by atoms with Gasteiger partial charge in [0, 0.05) is 13.6 Å². The Morgan fingerprint density at radius 1 is 1.33 bits per heavy atom. The molecule has 0 aliphatic carbocycles. The van der Waals surface area contributed by atoms with Crippen LogP contribution in [0.15, 0.2) is 11.1 Å². The van der Waals surface area contributed by atoms with E-state index in [1.807, 2.05) is 0 Å². The van der Waals surface area contributed by atoms with Crippen molar-refractivity contribution in [3.8, 4) is 0 Å². The minimum absolute atomic E-state index is 0.0488. The van der Waals surface area contributed by atoms with Gasteiger partial charge in [0.2, 0.25) is 0 Å². The predicted molar refractivity (Wildman–Crippen MR) is 69.4 cm³/mol. The van der Waals surface area contributed by atoms with Crippen LogP contribution in [0.25, 0.3) is 0 Å². The van der Waals surface area contributed by atoms with Crippen molar-refractivity contribution in [3.05, 3.63) is 11.1 Å². The minimum atomic E-state index is -0.600. The standard InChI is InChI=1S/C12H20ClNO4/c1-6-17-10(15)9(13)7-8-14(5)11(16)18-12(2,3)4/h7H,6,8H2,1-5H3/b9-7-. The summed E-state index contributed by atoms with van der Waals surface area (Å²) in [6.45, 7) is 7.45. The third-order valence-electron chi connectivity index (χ3n) is 1.72. The number of halogens is 1. The van der Waals surface area contributed by atoms with Crippen LogP contribution in [0.3, 0.4) is 0 Å². The highest BCUT2D eigenvalue weighted by molar-refractivity contribution is 6.41. The first-order valence-electron chi connectivity index (χ1n) is 5.64. The molecule has 1 amide bonds. The Bertz CT molecular complexity index is 333. The number of hydrogen-bond acceptors (Lipinski definition) is 4. The quantitative estimate of drug-likeness (QED) is 0.585. The van der Waals surface area contributed by atoms with E-state index in [0.717, 1.165) is 0 Å². The number of amides is 1. The molecule has 0 saturated carbocycles. The van der Waals surface area contributed by atoms with Crippen LogP contribution in [0.1, 0.15) is 27.7 Å². The summed E-state index contributed by atoms with van der Waals surface area (Å²) in [5.41, 5.74) is -0.556.